The normalized spacial score (nSPS) is 10.3. The van der Waals surface area contributed by atoms with Gasteiger partial charge in [0.05, 0.1) is 11.6 Å². The summed E-state index contributed by atoms with van der Waals surface area (Å²) in [6.45, 7) is 1.88. The van der Waals surface area contributed by atoms with Crippen molar-refractivity contribution in [2.75, 3.05) is 5.32 Å². The van der Waals surface area contributed by atoms with Crippen LogP contribution in [0.2, 0.25) is 0 Å². The van der Waals surface area contributed by atoms with Crippen LogP contribution in [0.5, 0.6) is 0 Å². The summed E-state index contributed by atoms with van der Waals surface area (Å²) in [4.78, 5) is 4.43. The van der Waals surface area contributed by atoms with Gasteiger partial charge in [0.25, 0.3) is 0 Å². The van der Waals surface area contributed by atoms with E-state index in [-0.39, 0.29) is 0 Å². The Morgan fingerprint density at radius 1 is 1.10 bits per heavy atom. The summed E-state index contributed by atoms with van der Waals surface area (Å²) in [6.07, 6.45) is 0. The number of aryl methyl sites for hydroxylation is 1. The smallest absolute Gasteiger partial charge is 0.131 e. The van der Waals surface area contributed by atoms with Crippen LogP contribution in [0, 0.1) is 18.3 Å². The molecule has 3 nitrogen and oxygen atoms in total. The molecule has 3 rings (SSSR count). The molecule has 0 saturated carbocycles. The quantitative estimate of drug-likeness (QED) is 0.721. The van der Waals surface area contributed by atoms with Gasteiger partial charge in [-0.3, -0.25) is 0 Å². The minimum atomic E-state index is 0.603. The second kappa shape index (κ2) is 5.55. The lowest BCUT2D eigenvalue weighted by atomic mass is 10.1. The van der Waals surface area contributed by atoms with Crippen LogP contribution in [0.1, 0.15) is 11.3 Å². The molecule has 1 heterocycles. The van der Waals surface area contributed by atoms with Crippen molar-refractivity contribution in [3.05, 3.63) is 64.3 Å². The number of hydrogen-bond donors (Lipinski definition) is 1. The van der Waals surface area contributed by atoms with Crippen LogP contribution in [-0.2, 0) is 0 Å². The zero-order valence-electron chi connectivity index (χ0n) is 11.4. The number of aromatic nitrogens is 1. The number of nitrogens with one attached hydrogen (secondary N) is 1. The molecule has 0 atom stereocenters. The molecule has 0 radical (unpaired) electrons. The Hall–Kier alpha value is -2.38. The molecule has 0 fully saturated rings. The number of fused-ring (bicyclic) bond motifs is 1. The van der Waals surface area contributed by atoms with E-state index in [4.69, 9.17) is 5.26 Å². The summed E-state index contributed by atoms with van der Waals surface area (Å²) in [5.74, 6) is 0.680. The molecule has 1 aromatic heterocycles. The van der Waals surface area contributed by atoms with E-state index in [2.05, 4.69) is 44.4 Å². The van der Waals surface area contributed by atoms with Gasteiger partial charge in [0.1, 0.15) is 5.82 Å². The summed E-state index contributed by atoms with van der Waals surface area (Å²) in [6, 6.07) is 17.8. The van der Waals surface area contributed by atoms with Crippen LogP contribution in [0.15, 0.2) is 53.0 Å². The molecule has 102 valence electrons. The van der Waals surface area contributed by atoms with Gasteiger partial charge in [0.15, 0.2) is 0 Å². The first-order valence-electron chi connectivity index (χ1n) is 6.50. The van der Waals surface area contributed by atoms with Crippen molar-refractivity contribution in [1.82, 2.24) is 4.98 Å². The van der Waals surface area contributed by atoms with E-state index in [0.29, 0.717) is 11.4 Å². The lowest BCUT2D eigenvalue weighted by molar-refractivity contribution is 1.19. The predicted molar refractivity (Wildman–Crippen MR) is 88.6 cm³/mol. The first-order valence-corrected chi connectivity index (χ1v) is 7.30. The van der Waals surface area contributed by atoms with E-state index in [0.717, 1.165) is 26.6 Å². The highest BCUT2D eigenvalue weighted by atomic mass is 79.9. The number of hydrogen-bond acceptors (Lipinski definition) is 3. The van der Waals surface area contributed by atoms with Gasteiger partial charge in [0.2, 0.25) is 0 Å². The van der Waals surface area contributed by atoms with Crippen molar-refractivity contribution in [1.29, 1.82) is 5.26 Å². The fourth-order valence-electron chi connectivity index (χ4n) is 2.31. The maximum Gasteiger partial charge on any atom is 0.131 e. The van der Waals surface area contributed by atoms with Crippen LogP contribution in [0.4, 0.5) is 11.5 Å². The molecule has 0 unspecified atom stereocenters. The van der Waals surface area contributed by atoms with Crippen molar-refractivity contribution in [2.45, 2.75) is 6.92 Å². The second-order valence-corrected chi connectivity index (χ2v) is 5.61. The zero-order chi connectivity index (χ0) is 14.8. The number of halogens is 1. The predicted octanol–water partition coefficient (Wildman–Crippen LogP) is 4.92. The first kappa shape index (κ1) is 13.6. The third-order valence-corrected chi connectivity index (χ3v) is 3.91. The van der Waals surface area contributed by atoms with Crippen LogP contribution < -0.4 is 5.32 Å². The summed E-state index contributed by atoms with van der Waals surface area (Å²) in [5.41, 5.74) is 2.39. The van der Waals surface area contributed by atoms with Crippen molar-refractivity contribution >= 4 is 38.2 Å². The van der Waals surface area contributed by atoms with Crippen LogP contribution in [0.3, 0.4) is 0 Å². The Kier molecular flexibility index (Phi) is 3.59. The first-order chi connectivity index (χ1) is 10.2. The van der Waals surface area contributed by atoms with E-state index in [9.17, 15) is 0 Å². The maximum absolute atomic E-state index is 9.05. The Morgan fingerprint density at radius 2 is 1.86 bits per heavy atom. The van der Waals surface area contributed by atoms with Gasteiger partial charge in [0, 0.05) is 21.2 Å². The van der Waals surface area contributed by atoms with Crippen LogP contribution in [0.25, 0.3) is 10.8 Å². The second-order valence-electron chi connectivity index (χ2n) is 4.76. The molecule has 0 amide bonds. The molecule has 0 saturated heterocycles. The zero-order valence-corrected chi connectivity index (χ0v) is 13.0. The van der Waals surface area contributed by atoms with Gasteiger partial charge in [-0.05, 0) is 36.6 Å². The third kappa shape index (κ3) is 2.74. The van der Waals surface area contributed by atoms with Crippen molar-refractivity contribution in [3.8, 4) is 6.07 Å². The largest absolute Gasteiger partial charge is 0.340 e. The maximum atomic E-state index is 9.05. The van der Waals surface area contributed by atoms with E-state index in [1.165, 1.54) is 0 Å². The van der Waals surface area contributed by atoms with Crippen LogP contribution >= 0.6 is 15.9 Å². The average molecular weight is 338 g/mol. The average Bonchev–Trinajstić information content (AvgIpc) is 2.50. The fraction of sp³-hybridized carbons (Fsp3) is 0.0588. The molecular weight excluding hydrogens is 326 g/mol. The van der Waals surface area contributed by atoms with Crippen LogP contribution in [-0.4, -0.2) is 4.98 Å². The molecule has 0 spiro atoms. The van der Waals surface area contributed by atoms with Crippen molar-refractivity contribution in [3.63, 3.8) is 0 Å². The number of nitriles is 1. The topological polar surface area (TPSA) is 48.7 Å². The lowest BCUT2D eigenvalue weighted by Crippen LogP contribution is -1.97. The molecule has 2 aromatic carbocycles. The van der Waals surface area contributed by atoms with Gasteiger partial charge in [-0.15, -0.1) is 0 Å². The number of nitrogens with zero attached hydrogens (tertiary/aromatic N) is 2. The highest BCUT2D eigenvalue weighted by molar-refractivity contribution is 9.10. The Morgan fingerprint density at radius 3 is 2.62 bits per heavy atom. The summed E-state index contributed by atoms with van der Waals surface area (Å²) in [5, 5.41) is 14.6. The monoisotopic (exact) mass is 337 g/mol. The highest BCUT2D eigenvalue weighted by Crippen LogP contribution is 2.31. The van der Waals surface area contributed by atoms with E-state index in [1.54, 1.807) is 12.1 Å². The summed E-state index contributed by atoms with van der Waals surface area (Å²) >= 11 is 3.56. The SMILES string of the molecule is Cc1cc(C#N)cc(Nc2ccc(Br)c3ccccc23)n1. The van der Waals surface area contributed by atoms with Crippen molar-refractivity contribution < 1.29 is 0 Å². The molecule has 4 heteroatoms. The van der Waals surface area contributed by atoms with Gasteiger partial charge in [-0.2, -0.15) is 5.26 Å². The van der Waals surface area contributed by atoms with Gasteiger partial charge in [-0.25, -0.2) is 4.98 Å². The van der Waals surface area contributed by atoms with E-state index in [1.807, 2.05) is 31.2 Å². The fourth-order valence-corrected chi connectivity index (χ4v) is 2.78. The van der Waals surface area contributed by atoms with Gasteiger partial charge in [-0.1, -0.05) is 40.2 Å². The standard InChI is InChI=1S/C17H12BrN3/c1-11-8-12(10-19)9-17(20-11)21-16-7-6-15(18)13-4-2-3-5-14(13)16/h2-9H,1H3,(H,20,21). The Balaban J connectivity index is 2.09. The molecule has 3 aromatic rings. The number of benzene rings is 2. The van der Waals surface area contributed by atoms with Gasteiger partial charge < -0.3 is 5.32 Å². The molecule has 0 aliphatic rings. The Labute approximate surface area is 131 Å². The number of anilines is 2. The molecular formula is C17H12BrN3. The molecule has 21 heavy (non-hydrogen) atoms. The number of pyridine rings is 1. The third-order valence-electron chi connectivity index (χ3n) is 3.22. The van der Waals surface area contributed by atoms with Gasteiger partial charge >= 0.3 is 0 Å². The van der Waals surface area contributed by atoms with Crippen molar-refractivity contribution in [2.24, 2.45) is 0 Å². The molecule has 0 aliphatic heterocycles. The van der Waals surface area contributed by atoms with E-state index >= 15 is 0 Å². The minimum Gasteiger partial charge on any atom is -0.340 e. The number of rotatable bonds is 2. The van der Waals surface area contributed by atoms with E-state index < -0.39 is 0 Å². The lowest BCUT2D eigenvalue weighted by Gasteiger charge is -2.11. The minimum absolute atomic E-state index is 0.603. The Bertz CT molecular complexity index is 866. The highest BCUT2D eigenvalue weighted by Gasteiger charge is 2.06. The summed E-state index contributed by atoms with van der Waals surface area (Å²) in [7, 11) is 0. The molecule has 1 N–H and O–H groups in total. The molecule has 0 bridgehead atoms. The molecule has 0 aliphatic carbocycles. The summed E-state index contributed by atoms with van der Waals surface area (Å²) < 4.78 is 1.05.